The van der Waals surface area contributed by atoms with Gasteiger partial charge in [-0.1, -0.05) is 26.0 Å². The SMILES string of the molecule is Cc1ccc(C(=O)NC(=S)Nc2cccc(OCC(C)C)c2)cc1I. The Labute approximate surface area is 167 Å². The number of halogens is 1. The summed E-state index contributed by atoms with van der Waals surface area (Å²) in [7, 11) is 0. The predicted octanol–water partition coefficient (Wildman–Crippen LogP) is 4.76. The molecule has 132 valence electrons. The summed E-state index contributed by atoms with van der Waals surface area (Å²) in [5.74, 6) is 0.984. The molecule has 0 saturated carbocycles. The van der Waals surface area contributed by atoms with Crippen molar-refractivity contribution in [1.29, 1.82) is 0 Å². The van der Waals surface area contributed by atoms with Crippen LogP contribution in [-0.2, 0) is 0 Å². The number of ether oxygens (including phenoxy) is 1. The maximum absolute atomic E-state index is 12.3. The molecule has 2 aromatic carbocycles. The molecule has 2 rings (SSSR count). The van der Waals surface area contributed by atoms with E-state index in [-0.39, 0.29) is 11.0 Å². The molecular formula is C19H21IN2O2S. The van der Waals surface area contributed by atoms with Crippen LogP contribution in [0.4, 0.5) is 5.69 Å². The van der Waals surface area contributed by atoms with E-state index in [0.29, 0.717) is 18.1 Å². The lowest BCUT2D eigenvalue weighted by Crippen LogP contribution is -2.34. The molecule has 1 amide bonds. The van der Waals surface area contributed by atoms with Crippen molar-refractivity contribution in [1.82, 2.24) is 5.32 Å². The first-order valence-electron chi connectivity index (χ1n) is 7.96. The van der Waals surface area contributed by atoms with E-state index in [2.05, 4.69) is 47.1 Å². The Morgan fingerprint density at radius 2 is 2.00 bits per heavy atom. The summed E-state index contributed by atoms with van der Waals surface area (Å²) in [5, 5.41) is 5.96. The van der Waals surface area contributed by atoms with Gasteiger partial charge in [-0.2, -0.15) is 0 Å². The zero-order chi connectivity index (χ0) is 18.4. The van der Waals surface area contributed by atoms with Crippen LogP contribution < -0.4 is 15.4 Å². The van der Waals surface area contributed by atoms with Crippen LogP contribution in [0.5, 0.6) is 5.75 Å². The van der Waals surface area contributed by atoms with Gasteiger partial charge in [-0.15, -0.1) is 0 Å². The molecule has 4 nitrogen and oxygen atoms in total. The van der Waals surface area contributed by atoms with E-state index in [1.807, 2.05) is 43.3 Å². The highest BCUT2D eigenvalue weighted by Gasteiger charge is 2.09. The number of hydrogen-bond donors (Lipinski definition) is 2. The van der Waals surface area contributed by atoms with Gasteiger partial charge in [-0.25, -0.2) is 0 Å². The van der Waals surface area contributed by atoms with Crippen molar-refractivity contribution in [2.75, 3.05) is 11.9 Å². The minimum absolute atomic E-state index is 0.234. The summed E-state index contributed by atoms with van der Waals surface area (Å²) in [6.45, 7) is 6.85. The van der Waals surface area contributed by atoms with Crippen molar-refractivity contribution < 1.29 is 9.53 Å². The summed E-state index contributed by atoms with van der Waals surface area (Å²) in [6, 6.07) is 13.0. The number of rotatable bonds is 5. The zero-order valence-corrected chi connectivity index (χ0v) is 17.4. The van der Waals surface area contributed by atoms with Crippen molar-refractivity contribution in [2.24, 2.45) is 5.92 Å². The molecule has 0 heterocycles. The number of carbonyl (C=O) groups is 1. The van der Waals surface area contributed by atoms with Gasteiger partial charge in [0.1, 0.15) is 5.75 Å². The normalized spacial score (nSPS) is 10.4. The van der Waals surface area contributed by atoms with Crippen molar-refractivity contribution in [3.8, 4) is 5.75 Å². The number of carbonyl (C=O) groups excluding carboxylic acids is 1. The van der Waals surface area contributed by atoms with Gasteiger partial charge < -0.3 is 10.1 Å². The second-order valence-corrected chi connectivity index (χ2v) is 7.68. The highest BCUT2D eigenvalue weighted by molar-refractivity contribution is 14.1. The second kappa shape index (κ2) is 9.15. The molecular weight excluding hydrogens is 447 g/mol. The topological polar surface area (TPSA) is 50.4 Å². The first kappa shape index (κ1) is 19.7. The van der Waals surface area contributed by atoms with Crippen LogP contribution in [0, 0.1) is 16.4 Å². The standard InChI is InChI=1S/C19H21IN2O2S/c1-12(2)11-24-16-6-4-5-15(10-16)21-19(25)22-18(23)14-8-7-13(3)17(20)9-14/h4-10,12H,11H2,1-3H3,(H2,21,22,23,25). The van der Waals surface area contributed by atoms with Crippen LogP contribution in [0.2, 0.25) is 0 Å². The number of nitrogens with one attached hydrogen (secondary N) is 2. The van der Waals surface area contributed by atoms with E-state index >= 15 is 0 Å². The van der Waals surface area contributed by atoms with Gasteiger partial charge in [-0.3, -0.25) is 10.1 Å². The first-order chi connectivity index (χ1) is 11.8. The highest BCUT2D eigenvalue weighted by atomic mass is 127. The van der Waals surface area contributed by atoms with Gasteiger partial charge in [0.25, 0.3) is 5.91 Å². The number of hydrogen-bond acceptors (Lipinski definition) is 3. The molecule has 0 aliphatic rings. The molecule has 0 spiro atoms. The molecule has 0 aromatic heterocycles. The minimum atomic E-state index is -0.234. The lowest BCUT2D eigenvalue weighted by atomic mass is 10.1. The molecule has 2 aromatic rings. The maximum Gasteiger partial charge on any atom is 0.257 e. The van der Waals surface area contributed by atoms with Crippen molar-refractivity contribution in [2.45, 2.75) is 20.8 Å². The van der Waals surface area contributed by atoms with Crippen LogP contribution in [0.3, 0.4) is 0 Å². The Morgan fingerprint density at radius 1 is 1.24 bits per heavy atom. The summed E-state index contributed by atoms with van der Waals surface area (Å²) in [6.07, 6.45) is 0. The smallest absolute Gasteiger partial charge is 0.257 e. The number of thiocarbonyl (C=S) groups is 1. The molecule has 0 fully saturated rings. The fraction of sp³-hybridized carbons (Fsp3) is 0.263. The summed E-state index contributed by atoms with van der Waals surface area (Å²) < 4.78 is 6.73. The second-order valence-electron chi connectivity index (χ2n) is 6.10. The van der Waals surface area contributed by atoms with Gasteiger partial charge in [0.05, 0.1) is 6.61 Å². The Balaban J connectivity index is 1.96. The third kappa shape index (κ3) is 6.28. The van der Waals surface area contributed by atoms with Crippen LogP contribution in [0.1, 0.15) is 29.8 Å². The predicted molar refractivity (Wildman–Crippen MR) is 114 cm³/mol. The molecule has 2 N–H and O–H groups in total. The molecule has 25 heavy (non-hydrogen) atoms. The number of benzene rings is 2. The van der Waals surface area contributed by atoms with Crippen molar-refractivity contribution in [3.63, 3.8) is 0 Å². The average molecular weight is 468 g/mol. The van der Waals surface area contributed by atoms with E-state index in [9.17, 15) is 4.79 Å². The summed E-state index contributed by atoms with van der Waals surface area (Å²) >= 11 is 7.44. The van der Waals surface area contributed by atoms with Crippen molar-refractivity contribution >= 4 is 51.5 Å². The van der Waals surface area contributed by atoms with Crippen LogP contribution in [0.25, 0.3) is 0 Å². The van der Waals surface area contributed by atoms with E-state index in [1.165, 1.54) is 0 Å². The fourth-order valence-corrected chi connectivity index (χ4v) is 2.72. The number of aryl methyl sites for hydroxylation is 1. The van der Waals surface area contributed by atoms with E-state index in [1.54, 1.807) is 6.07 Å². The van der Waals surface area contributed by atoms with Gasteiger partial charge >= 0.3 is 0 Å². The van der Waals surface area contributed by atoms with Gasteiger partial charge in [0, 0.05) is 20.9 Å². The number of anilines is 1. The molecule has 0 radical (unpaired) electrons. The quantitative estimate of drug-likeness (QED) is 0.491. The van der Waals surface area contributed by atoms with Crippen molar-refractivity contribution in [3.05, 3.63) is 57.2 Å². The molecule has 0 bridgehead atoms. The molecule has 0 aliphatic carbocycles. The largest absolute Gasteiger partial charge is 0.493 e. The van der Waals surface area contributed by atoms with Crippen LogP contribution in [-0.4, -0.2) is 17.6 Å². The summed E-state index contributed by atoms with van der Waals surface area (Å²) in [5.41, 5.74) is 2.48. The van der Waals surface area contributed by atoms with E-state index in [4.69, 9.17) is 17.0 Å². The maximum atomic E-state index is 12.3. The number of amides is 1. The van der Waals surface area contributed by atoms with Crippen LogP contribution >= 0.6 is 34.8 Å². The Bertz CT molecular complexity index is 778. The lowest BCUT2D eigenvalue weighted by Gasteiger charge is -2.12. The molecule has 0 unspecified atom stereocenters. The molecule has 0 aliphatic heterocycles. The average Bonchev–Trinajstić information content (AvgIpc) is 2.55. The Morgan fingerprint density at radius 3 is 2.68 bits per heavy atom. The lowest BCUT2D eigenvalue weighted by molar-refractivity contribution is 0.0977. The third-order valence-corrected chi connectivity index (χ3v) is 4.70. The zero-order valence-electron chi connectivity index (χ0n) is 14.4. The highest BCUT2D eigenvalue weighted by Crippen LogP contribution is 2.18. The van der Waals surface area contributed by atoms with E-state index in [0.717, 1.165) is 20.6 Å². The Hall–Kier alpha value is -1.67. The Kier molecular flexibility index (Phi) is 7.19. The third-order valence-electron chi connectivity index (χ3n) is 3.34. The first-order valence-corrected chi connectivity index (χ1v) is 9.45. The fourth-order valence-electron chi connectivity index (χ4n) is 2.00. The molecule has 0 atom stereocenters. The van der Waals surface area contributed by atoms with Gasteiger partial charge in [0.15, 0.2) is 5.11 Å². The van der Waals surface area contributed by atoms with E-state index < -0.39 is 0 Å². The molecule has 6 heteroatoms. The monoisotopic (exact) mass is 468 g/mol. The van der Waals surface area contributed by atoms with Gasteiger partial charge in [-0.05, 0) is 77.5 Å². The van der Waals surface area contributed by atoms with Crippen LogP contribution in [0.15, 0.2) is 42.5 Å². The van der Waals surface area contributed by atoms with Gasteiger partial charge in [0.2, 0.25) is 0 Å². The molecule has 0 saturated heterocycles. The summed E-state index contributed by atoms with van der Waals surface area (Å²) in [4.78, 5) is 12.3. The minimum Gasteiger partial charge on any atom is -0.493 e.